The van der Waals surface area contributed by atoms with Crippen molar-refractivity contribution in [2.24, 2.45) is 0 Å². The molecule has 3 rings (SSSR count). The number of hydrogen-bond acceptors (Lipinski definition) is 6. The first-order valence-corrected chi connectivity index (χ1v) is 6.39. The maximum Gasteiger partial charge on any atom is 0.328 e. The highest BCUT2D eigenvalue weighted by Gasteiger charge is 2.33. The SMILES string of the molecule is CCOC(=O)[C@@H]1CCCN1c1ncc2cn[nH]c2n1. The Morgan fingerprint density at radius 3 is 3.32 bits per heavy atom. The highest BCUT2D eigenvalue weighted by molar-refractivity contribution is 5.81. The minimum Gasteiger partial charge on any atom is -0.464 e. The van der Waals surface area contributed by atoms with Gasteiger partial charge in [-0.25, -0.2) is 9.78 Å². The number of rotatable bonds is 3. The van der Waals surface area contributed by atoms with E-state index < -0.39 is 0 Å². The molecule has 100 valence electrons. The number of fused-ring (bicyclic) bond motifs is 1. The fourth-order valence-electron chi connectivity index (χ4n) is 2.36. The number of aromatic amines is 1. The summed E-state index contributed by atoms with van der Waals surface area (Å²) in [5.74, 6) is 0.348. The first-order chi connectivity index (χ1) is 9.29. The monoisotopic (exact) mass is 261 g/mol. The molecule has 1 fully saturated rings. The summed E-state index contributed by atoms with van der Waals surface area (Å²) in [4.78, 5) is 22.5. The maximum absolute atomic E-state index is 11.9. The molecule has 2 aromatic heterocycles. The zero-order chi connectivity index (χ0) is 13.2. The number of ether oxygens (including phenoxy) is 1. The molecule has 1 N–H and O–H groups in total. The standard InChI is InChI=1S/C12H15N5O2/c1-2-19-11(18)9-4-3-5-17(9)12-13-6-8-7-14-16-10(8)15-12/h6-7,9H,2-5H2,1H3,(H,13,14,15,16)/t9-/m0/s1. The summed E-state index contributed by atoms with van der Waals surface area (Å²) in [5.41, 5.74) is 0.680. The smallest absolute Gasteiger partial charge is 0.328 e. The van der Waals surface area contributed by atoms with Crippen LogP contribution in [-0.2, 0) is 9.53 Å². The van der Waals surface area contributed by atoms with Gasteiger partial charge in [0.25, 0.3) is 0 Å². The van der Waals surface area contributed by atoms with Gasteiger partial charge in [0.2, 0.25) is 5.95 Å². The number of nitrogens with zero attached hydrogens (tertiary/aromatic N) is 4. The van der Waals surface area contributed by atoms with Crippen LogP contribution in [0.15, 0.2) is 12.4 Å². The van der Waals surface area contributed by atoms with Crippen LogP contribution in [0.3, 0.4) is 0 Å². The van der Waals surface area contributed by atoms with E-state index >= 15 is 0 Å². The summed E-state index contributed by atoms with van der Waals surface area (Å²) in [5, 5.41) is 7.58. The predicted molar refractivity (Wildman–Crippen MR) is 68.7 cm³/mol. The van der Waals surface area contributed by atoms with Crippen LogP contribution in [0.4, 0.5) is 5.95 Å². The van der Waals surface area contributed by atoms with Crippen LogP contribution in [-0.4, -0.2) is 45.3 Å². The molecule has 19 heavy (non-hydrogen) atoms. The number of anilines is 1. The number of esters is 1. The third-order valence-electron chi connectivity index (χ3n) is 3.25. The molecule has 1 atom stereocenters. The first-order valence-electron chi connectivity index (χ1n) is 6.39. The molecule has 1 aliphatic rings. The van der Waals surface area contributed by atoms with Crippen molar-refractivity contribution in [3.8, 4) is 0 Å². The molecule has 0 amide bonds. The summed E-state index contributed by atoms with van der Waals surface area (Å²) in [6.07, 6.45) is 5.10. The zero-order valence-corrected chi connectivity index (χ0v) is 10.7. The van der Waals surface area contributed by atoms with Crippen molar-refractivity contribution < 1.29 is 9.53 Å². The molecule has 7 nitrogen and oxygen atoms in total. The van der Waals surface area contributed by atoms with Gasteiger partial charge in [-0.3, -0.25) is 5.10 Å². The van der Waals surface area contributed by atoms with E-state index in [9.17, 15) is 4.79 Å². The van der Waals surface area contributed by atoms with E-state index in [1.807, 2.05) is 11.8 Å². The molecule has 1 aliphatic heterocycles. The summed E-state index contributed by atoms with van der Waals surface area (Å²) >= 11 is 0. The van der Waals surface area contributed by atoms with Gasteiger partial charge in [0, 0.05) is 12.7 Å². The van der Waals surface area contributed by atoms with Crippen molar-refractivity contribution in [2.45, 2.75) is 25.8 Å². The van der Waals surface area contributed by atoms with Gasteiger partial charge >= 0.3 is 5.97 Å². The lowest BCUT2D eigenvalue weighted by atomic mass is 10.2. The average Bonchev–Trinajstić information content (AvgIpc) is 3.07. The normalized spacial score (nSPS) is 19.0. The predicted octanol–water partition coefficient (Wildman–Crippen LogP) is 0.885. The Hall–Kier alpha value is -2.18. The largest absolute Gasteiger partial charge is 0.464 e. The molecule has 7 heteroatoms. The summed E-state index contributed by atoms with van der Waals surface area (Å²) < 4.78 is 5.09. The van der Waals surface area contributed by atoms with E-state index in [0.29, 0.717) is 18.2 Å². The molecule has 0 saturated carbocycles. The lowest BCUT2D eigenvalue weighted by Gasteiger charge is -2.22. The van der Waals surface area contributed by atoms with E-state index in [2.05, 4.69) is 20.2 Å². The van der Waals surface area contributed by atoms with Gasteiger partial charge in [0.15, 0.2) is 5.65 Å². The van der Waals surface area contributed by atoms with Crippen LogP contribution in [0.2, 0.25) is 0 Å². The van der Waals surface area contributed by atoms with Gasteiger partial charge in [-0.05, 0) is 19.8 Å². The topological polar surface area (TPSA) is 84.0 Å². The van der Waals surface area contributed by atoms with Gasteiger partial charge in [0.05, 0.1) is 18.2 Å². The van der Waals surface area contributed by atoms with Crippen molar-refractivity contribution >= 4 is 23.0 Å². The zero-order valence-electron chi connectivity index (χ0n) is 10.7. The summed E-state index contributed by atoms with van der Waals surface area (Å²) in [6.45, 7) is 2.97. The number of aromatic nitrogens is 4. The van der Waals surface area contributed by atoms with Gasteiger partial charge in [-0.2, -0.15) is 10.1 Å². The van der Waals surface area contributed by atoms with Crippen molar-refractivity contribution in [1.29, 1.82) is 0 Å². The Morgan fingerprint density at radius 2 is 2.47 bits per heavy atom. The second-order valence-electron chi connectivity index (χ2n) is 4.45. The lowest BCUT2D eigenvalue weighted by Crippen LogP contribution is -2.38. The van der Waals surface area contributed by atoms with Crippen molar-refractivity contribution in [3.05, 3.63) is 12.4 Å². The van der Waals surface area contributed by atoms with Crippen molar-refractivity contribution in [3.63, 3.8) is 0 Å². The van der Waals surface area contributed by atoms with Crippen LogP contribution in [0, 0.1) is 0 Å². The Kier molecular flexibility index (Phi) is 3.02. The van der Waals surface area contributed by atoms with E-state index in [1.54, 1.807) is 12.4 Å². The molecule has 0 aromatic carbocycles. The van der Waals surface area contributed by atoms with Crippen molar-refractivity contribution in [1.82, 2.24) is 20.2 Å². The molecule has 3 heterocycles. The number of carbonyl (C=O) groups excluding carboxylic acids is 1. The van der Waals surface area contributed by atoms with E-state index in [0.717, 1.165) is 24.8 Å². The minimum absolute atomic E-state index is 0.201. The highest BCUT2D eigenvalue weighted by atomic mass is 16.5. The summed E-state index contributed by atoms with van der Waals surface area (Å²) in [7, 11) is 0. The van der Waals surface area contributed by atoms with E-state index in [-0.39, 0.29) is 12.0 Å². The molecule has 0 unspecified atom stereocenters. The molecule has 0 bridgehead atoms. The van der Waals surface area contributed by atoms with Crippen LogP contribution in [0.1, 0.15) is 19.8 Å². The number of carbonyl (C=O) groups is 1. The third-order valence-corrected chi connectivity index (χ3v) is 3.25. The molecule has 0 aliphatic carbocycles. The molecular formula is C12H15N5O2. The number of hydrogen-bond donors (Lipinski definition) is 1. The Bertz CT molecular complexity index is 597. The fourth-order valence-corrected chi connectivity index (χ4v) is 2.36. The quantitative estimate of drug-likeness (QED) is 0.826. The fraction of sp³-hybridized carbons (Fsp3) is 0.500. The van der Waals surface area contributed by atoms with E-state index in [4.69, 9.17) is 4.74 Å². The third kappa shape index (κ3) is 2.11. The summed E-state index contributed by atoms with van der Waals surface area (Å²) in [6, 6.07) is -0.277. The lowest BCUT2D eigenvalue weighted by molar-refractivity contribution is -0.144. The van der Waals surface area contributed by atoms with Gasteiger partial charge < -0.3 is 9.64 Å². The molecular weight excluding hydrogens is 246 g/mol. The van der Waals surface area contributed by atoms with Crippen LogP contribution >= 0.6 is 0 Å². The molecule has 2 aromatic rings. The Balaban J connectivity index is 1.88. The second kappa shape index (κ2) is 4.83. The average molecular weight is 261 g/mol. The molecule has 0 spiro atoms. The Morgan fingerprint density at radius 1 is 1.58 bits per heavy atom. The number of H-pyrrole nitrogens is 1. The minimum atomic E-state index is -0.277. The number of nitrogens with one attached hydrogen (secondary N) is 1. The second-order valence-corrected chi connectivity index (χ2v) is 4.45. The van der Waals surface area contributed by atoms with Crippen LogP contribution < -0.4 is 4.90 Å². The maximum atomic E-state index is 11.9. The van der Waals surface area contributed by atoms with Gasteiger partial charge in [-0.1, -0.05) is 0 Å². The van der Waals surface area contributed by atoms with E-state index in [1.165, 1.54) is 0 Å². The highest BCUT2D eigenvalue weighted by Crippen LogP contribution is 2.24. The van der Waals surface area contributed by atoms with Crippen LogP contribution in [0.5, 0.6) is 0 Å². The first kappa shape index (κ1) is 11.9. The van der Waals surface area contributed by atoms with Crippen LogP contribution in [0.25, 0.3) is 11.0 Å². The molecule has 0 radical (unpaired) electrons. The molecule has 1 saturated heterocycles. The van der Waals surface area contributed by atoms with Gasteiger partial charge in [0.1, 0.15) is 6.04 Å². The Labute approximate surface area is 110 Å². The van der Waals surface area contributed by atoms with Gasteiger partial charge in [-0.15, -0.1) is 0 Å². The van der Waals surface area contributed by atoms with Crippen molar-refractivity contribution in [2.75, 3.05) is 18.1 Å².